The first kappa shape index (κ1) is 14.9. The number of fused-ring (bicyclic) bond motifs is 2. The lowest BCUT2D eigenvalue weighted by atomic mass is 9.82. The van der Waals surface area contributed by atoms with Gasteiger partial charge in [-0.25, -0.2) is 9.97 Å². The van der Waals surface area contributed by atoms with Gasteiger partial charge in [0, 0.05) is 29.2 Å². The van der Waals surface area contributed by atoms with Crippen LogP contribution in [0.25, 0.3) is 22.2 Å². The molecule has 5 heteroatoms. The fourth-order valence-electron chi connectivity index (χ4n) is 3.16. The molecule has 2 N–H and O–H groups in total. The molecule has 122 valence electrons. The maximum absolute atomic E-state index is 12.7. The average molecular weight is 320 g/mol. The minimum Gasteiger partial charge on any atom is -0.367 e. The predicted molar refractivity (Wildman–Crippen MR) is 95.0 cm³/mol. The van der Waals surface area contributed by atoms with E-state index < -0.39 is 5.41 Å². The molecule has 1 aromatic carbocycles. The Kier molecular flexibility index (Phi) is 3.20. The molecule has 1 aliphatic rings. The van der Waals surface area contributed by atoms with E-state index in [1.165, 1.54) is 0 Å². The molecule has 1 atom stereocenters. The highest BCUT2D eigenvalue weighted by atomic mass is 16.1. The summed E-state index contributed by atoms with van der Waals surface area (Å²) in [6.45, 7) is 6.42. The zero-order chi connectivity index (χ0) is 16.9. The van der Waals surface area contributed by atoms with Gasteiger partial charge in [0.1, 0.15) is 11.6 Å². The number of benzene rings is 1. The van der Waals surface area contributed by atoms with Crippen LogP contribution in [0.4, 0.5) is 5.82 Å². The zero-order valence-corrected chi connectivity index (χ0v) is 14.1. The Bertz CT molecular complexity index is 936. The maximum atomic E-state index is 12.7. The van der Waals surface area contributed by atoms with Crippen LogP contribution in [0.1, 0.15) is 32.4 Å². The normalized spacial score (nSPS) is 16.9. The van der Waals surface area contributed by atoms with Crippen molar-refractivity contribution < 1.29 is 4.79 Å². The van der Waals surface area contributed by atoms with Crippen LogP contribution in [-0.4, -0.2) is 27.3 Å². The van der Waals surface area contributed by atoms with Gasteiger partial charge in [-0.15, -0.1) is 0 Å². The fraction of sp³-hybridized carbons (Fsp3) is 0.316. The number of aromatic amines is 1. The van der Waals surface area contributed by atoms with Crippen molar-refractivity contribution >= 4 is 22.5 Å². The number of hydrogen-bond donors (Lipinski definition) is 2. The van der Waals surface area contributed by atoms with E-state index in [9.17, 15) is 4.79 Å². The summed E-state index contributed by atoms with van der Waals surface area (Å²) >= 11 is 0. The molecule has 0 spiro atoms. The molecule has 1 unspecified atom stereocenters. The van der Waals surface area contributed by atoms with Gasteiger partial charge in [0.05, 0.1) is 23.5 Å². The number of aromatic nitrogens is 3. The smallest absolute Gasteiger partial charge is 0.149 e. The number of Topliss-reactive ketones (excluding diaryl/α,β-unsaturated/α-hetero) is 1. The Morgan fingerprint density at radius 2 is 2.08 bits per heavy atom. The monoisotopic (exact) mass is 320 g/mol. The number of rotatable bonds is 2. The highest BCUT2D eigenvalue weighted by molar-refractivity contribution is 5.92. The van der Waals surface area contributed by atoms with Gasteiger partial charge < -0.3 is 10.3 Å². The fourth-order valence-corrected chi connectivity index (χ4v) is 3.16. The molecule has 24 heavy (non-hydrogen) atoms. The quantitative estimate of drug-likeness (QED) is 0.754. The average Bonchev–Trinajstić information content (AvgIpc) is 3.18. The number of nitrogens with zero attached hydrogens (tertiary/aromatic N) is 2. The molecule has 0 aliphatic carbocycles. The zero-order valence-electron chi connectivity index (χ0n) is 14.1. The third kappa shape index (κ3) is 2.37. The van der Waals surface area contributed by atoms with E-state index >= 15 is 0 Å². The Morgan fingerprint density at radius 3 is 2.88 bits per heavy atom. The minimum atomic E-state index is -0.394. The molecule has 1 aliphatic heterocycles. The van der Waals surface area contributed by atoms with Crippen LogP contribution in [-0.2, 0) is 4.79 Å². The molecule has 0 amide bonds. The van der Waals surface area contributed by atoms with Crippen LogP contribution in [0.15, 0.2) is 36.7 Å². The summed E-state index contributed by atoms with van der Waals surface area (Å²) in [4.78, 5) is 25.2. The van der Waals surface area contributed by atoms with E-state index in [0.717, 1.165) is 33.7 Å². The van der Waals surface area contributed by atoms with Crippen molar-refractivity contribution in [1.82, 2.24) is 15.0 Å². The second kappa shape index (κ2) is 5.16. The van der Waals surface area contributed by atoms with Gasteiger partial charge in [-0.1, -0.05) is 32.9 Å². The molecule has 3 heterocycles. The Labute approximate surface area is 140 Å². The predicted octanol–water partition coefficient (Wildman–Crippen LogP) is 3.75. The van der Waals surface area contributed by atoms with E-state index in [2.05, 4.69) is 27.4 Å². The lowest BCUT2D eigenvalue weighted by Gasteiger charge is -2.20. The summed E-state index contributed by atoms with van der Waals surface area (Å²) in [5.74, 6) is 0.684. The van der Waals surface area contributed by atoms with Gasteiger partial charge in [0.2, 0.25) is 0 Å². The van der Waals surface area contributed by atoms with E-state index in [1.807, 2.05) is 39.1 Å². The largest absolute Gasteiger partial charge is 0.367 e. The molecule has 3 aromatic rings. The van der Waals surface area contributed by atoms with Crippen LogP contribution in [0.5, 0.6) is 0 Å². The second-order valence-corrected chi connectivity index (χ2v) is 7.32. The van der Waals surface area contributed by atoms with Crippen molar-refractivity contribution in [2.45, 2.75) is 26.7 Å². The third-order valence-electron chi connectivity index (χ3n) is 4.51. The molecular formula is C19H20N4O. The van der Waals surface area contributed by atoms with Crippen molar-refractivity contribution in [1.29, 1.82) is 0 Å². The van der Waals surface area contributed by atoms with Gasteiger partial charge in [-0.2, -0.15) is 0 Å². The summed E-state index contributed by atoms with van der Waals surface area (Å²) < 4.78 is 0. The van der Waals surface area contributed by atoms with Crippen molar-refractivity contribution in [3.05, 3.63) is 42.4 Å². The molecule has 0 saturated heterocycles. The number of carbonyl (C=O) groups is 1. The number of hydrogen-bond acceptors (Lipinski definition) is 4. The van der Waals surface area contributed by atoms with Crippen molar-refractivity contribution in [3.63, 3.8) is 0 Å². The SMILES string of the molecule is CC(C)(C)C(=O)C1CNc2ncc(-c3ccc4cc[nH]c4c3)nc21. The Hall–Kier alpha value is -2.69. The highest BCUT2D eigenvalue weighted by Crippen LogP contribution is 2.35. The first-order valence-electron chi connectivity index (χ1n) is 8.16. The van der Waals surface area contributed by atoms with Gasteiger partial charge >= 0.3 is 0 Å². The number of ketones is 1. The lowest BCUT2D eigenvalue weighted by Crippen LogP contribution is -2.28. The van der Waals surface area contributed by atoms with Gasteiger partial charge in [0.25, 0.3) is 0 Å². The summed E-state index contributed by atoms with van der Waals surface area (Å²) in [5.41, 5.74) is 3.22. The maximum Gasteiger partial charge on any atom is 0.149 e. The van der Waals surface area contributed by atoms with Crippen LogP contribution in [0, 0.1) is 5.41 Å². The van der Waals surface area contributed by atoms with Crippen LogP contribution < -0.4 is 5.32 Å². The van der Waals surface area contributed by atoms with Crippen LogP contribution in [0.2, 0.25) is 0 Å². The summed E-state index contributed by atoms with van der Waals surface area (Å²) in [6.07, 6.45) is 3.69. The number of nitrogens with one attached hydrogen (secondary N) is 2. The van der Waals surface area contributed by atoms with Crippen LogP contribution in [0.3, 0.4) is 0 Å². The molecule has 2 aromatic heterocycles. The van der Waals surface area contributed by atoms with Gasteiger partial charge in [-0.05, 0) is 17.5 Å². The van der Waals surface area contributed by atoms with E-state index in [0.29, 0.717) is 6.54 Å². The van der Waals surface area contributed by atoms with E-state index in [4.69, 9.17) is 4.98 Å². The van der Waals surface area contributed by atoms with Crippen molar-refractivity contribution in [2.24, 2.45) is 5.41 Å². The molecule has 0 radical (unpaired) electrons. The van der Waals surface area contributed by atoms with Crippen molar-refractivity contribution in [2.75, 3.05) is 11.9 Å². The van der Waals surface area contributed by atoms with Gasteiger partial charge in [-0.3, -0.25) is 4.79 Å². The highest BCUT2D eigenvalue weighted by Gasteiger charge is 2.37. The summed E-state index contributed by atoms with van der Waals surface area (Å²) in [5, 5.41) is 4.37. The van der Waals surface area contributed by atoms with Crippen LogP contribution >= 0.6 is 0 Å². The molecule has 0 bridgehead atoms. The molecule has 0 saturated carbocycles. The number of anilines is 1. The molecule has 4 rings (SSSR count). The second-order valence-electron chi connectivity index (χ2n) is 7.32. The Balaban J connectivity index is 1.76. The van der Waals surface area contributed by atoms with E-state index in [-0.39, 0.29) is 11.7 Å². The molecule has 0 fully saturated rings. The van der Waals surface area contributed by atoms with E-state index in [1.54, 1.807) is 6.20 Å². The first-order chi connectivity index (χ1) is 11.4. The summed E-state index contributed by atoms with van der Waals surface area (Å²) in [7, 11) is 0. The summed E-state index contributed by atoms with van der Waals surface area (Å²) in [6, 6.07) is 8.20. The standard InChI is InChI=1S/C19H20N4O/c1-19(2,3)17(24)13-9-21-18-16(13)23-15(10-22-18)12-5-4-11-6-7-20-14(11)8-12/h4-8,10,13,20H,9H2,1-3H3,(H,21,22). The lowest BCUT2D eigenvalue weighted by molar-refractivity contribution is -0.127. The molecular weight excluding hydrogens is 300 g/mol. The van der Waals surface area contributed by atoms with Crippen molar-refractivity contribution in [3.8, 4) is 11.3 Å². The molecule has 5 nitrogen and oxygen atoms in total. The Morgan fingerprint density at radius 1 is 1.25 bits per heavy atom. The van der Waals surface area contributed by atoms with Gasteiger partial charge in [0.15, 0.2) is 0 Å². The number of H-pyrrole nitrogens is 1. The third-order valence-corrected chi connectivity index (χ3v) is 4.51. The number of carbonyl (C=O) groups excluding carboxylic acids is 1. The minimum absolute atomic E-state index is 0.194. The topological polar surface area (TPSA) is 70.7 Å². The first-order valence-corrected chi connectivity index (χ1v) is 8.16.